The maximum absolute atomic E-state index is 3.37. The van der Waals surface area contributed by atoms with Crippen LogP contribution in [-0.4, -0.2) is 6.54 Å². The average Bonchev–Trinajstić information content (AvgIpc) is 3.14. The molecule has 1 heterocycles. The highest BCUT2D eigenvalue weighted by Crippen LogP contribution is 2.32. The van der Waals surface area contributed by atoms with Gasteiger partial charge in [-0.15, -0.1) is 0 Å². The van der Waals surface area contributed by atoms with Crippen molar-refractivity contribution in [3.8, 4) is 11.1 Å². The molecule has 0 saturated carbocycles. The Bertz CT molecular complexity index is 495. The van der Waals surface area contributed by atoms with Gasteiger partial charge in [0.15, 0.2) is 0 Å². The first-order valence-corrected chi connectivity index (χ1v) is 5.74. The second-order valence-electron chi connectivity index (χ2n) is 4.41. The molecule has 1 unspecified atom stereocenters. The lowest BCUT2D eigenvalue weighted by Crippen LogP contribution is -1.89. The van der Waals surface area contributed by atoms with E-state index in [1.54, 1.807) is 0 Å². The van der Waals surface area contributed by atoms with E-state index < -0.39 is 0 Å². The summed E-state index contributed by atoms with van der Waals surface area (Å²) in [4.78, 5) is 0. The van der Waals surface area contributed by atoms with Crippen LogP contribution in [-0.2, 0) is 0 Å². The van der Waals surface area contributed by atoms with E-state index in [9.17, 15) is 0 Å². The summed E-state index contributed by atoms with van der Waals surface area (Å²) in [6.07, 6.45) is 0. The number of aryl methyl sites for hydroxylation is 1. The molecular weight excluding hydrogens is 194 g/mol. The summed E-state index contributed by atoms with van der Waals surface area (Å²) in [6.45, 7) is 3.24. The van der Waals surface area contributed by atoms with Gasteiger partial charge in [0.1, 0.15) is 0 Å². The van der Waals surface area contributed by atoms with Crippen molar-refractivity contribution in [2.45, 2.75) is 13.0 Å². The van der Waals surface area contributed by atoms with E-state index in [4.69, 9.17) is 0 Å². The van der Waals surface area contributed by atoms with Gasteiger partial charge in [-0.3, -0.25) is 0 Å². The number of nitrogens with one attached hydrogen (secondary N) is 1. The zero-order valence-electron chi connectivity index (χ0n) is 9.40. The van der Waals surface area contributed by atoms with Gasteiger partial charge in [0, 0.05) is 12.6 Å². The molecule has 0 aliphatic carbocycles. The molecule has 1 fully saturated rings. The van der Waals surface area contributed by atoms with Gasteiger partial charge >= 0.3 is 0 Å². The van der Waals surface area contributed by atoms with Gasteiger partial charge in [-0.05, 0) is 23.6 Å². The molecule has 16 heavy (non-hydrogen) atoms. The lowest BCUT2D eigenvalue weighted by atomic mass is 9.97. The molecule has 0 amide bonds. The predicted octanol–water partition coefficient (Wildman–Crippen LogP) is 3.31. The third-order valence-corrected chi connectivity index (χ3v) is 3.11. The van der Waals surface area contributed by atoms with Gasteiger partial charge in [0.2, 0.25) is 0 Å². The molecule has 1 N–H and O–H groups in total. The van der Waals surface area contributed by atoms with E-state index in [0.717, 1.165) is 6.54 Å². The SMILES string of the molecule is Cc1ccc(-c2ccccc2C2CN2)cc1. The summed E-state index contributed by atoms with van der Waals surface area (Å²) in [5.74, 6) is 0. The fraction of sp³-hybridized carbons (Fsp3) is 0.200. The van der Waals surface area contributed by atoms with Crippen LogP contribution in [0, 0.1) is 6.92 Å². The number of benzene rings is 2. The van der Waals surface area contributed by atoms with Crippen molar-refractivity contribution >= 4 is 0 Å². The Hall–Kier alpha value is -1.60. The Labute approximate surface area is 96.1 Å². The zero-order chi connectivity index (χ0) is 11.0. The molecule has 0 bridgehead atoms. The molecule has 0 radical (unpaired) electrons. The largest absolute Gasteiger partial charge is 0.307 e. The molecule has 3 rings (SSSR count). The van der Waals surface area contributed by atoms with E-state index in [0.29, 0.717) is 6.04 Å². The highest BCUT2D eigenvalue weighted by molar-refractivity contribution is 5.68. The molecule has 2 aromatic rings. The van der Waals surface area contributed by atoms with Gasteiger partial charge in [-0.2, -0.15) is 0 Å². The van der Waals surface area contributed by atoms with E-state index in [1.807, 2.05) is 0 Å². The molecule has 2 aromatic carbocycles. The zero-order valence-corrected chi connectivity index (χ0v) is 9.40. The van der Waals surface area contributed by atoms with Crippen molar-refractivity contribution in [2.75, 3.05) is 6.54 Å². The first-order valence-electron chi connectivity index (χ1n) is 5.74. The van der Waals surface area contributed by atoms with Gasteiger partial charge in [-0.25, -0.2) is 0 Å². The Morgan fingerprint density at radius 3 is 2.38 bits per heavy atom. The van der Waals surface area contributed by atoms with Crippen LogP contribution in [0.15, 0.2) is 48.5 Å². The lowest BCUT2D eigenvalue weighted by molar-refractivity contribution is 1.08. The van der Waals surface area contributed by atoms with Crippen LogP contribution in [0.5, 0.6) is 0 Å². The van der Waals surface area contributed by atoms with Crippen molar-refractivity contribution in [3.63, 3.8) is 0 Å². The molecular formula is C15H15N. The highest BCUT2D eigenvalue weighted by atomic mass is 15.1. The number of hydrogen-bond acceptors (Lipinski definition) is 1. The lowest BCUT2D eigenvalue weighted by Gasteiger charge is -2.08. The third kappa shape index (κ3) is 1.74. The highest BCUT2D eigenvalue weighted by Gasteiger charge is 2.24. The van der Waals surface area contributed by atoms with Crippen molar-refractivity contribution in [2.24, 2.45) is 0 Å². The standard InChI is InChI=1S/C15H15N/c1-11-6-8-12(9-7-11)13-4-2-3-5-14(13)15-10-16-15/h2-9,15-16H,10H2,1H3. The minimum Gasteiger partial charge on any atom is -0.307 e. The maximum atomic E-state index is 3.37. The molecule has 1 aliphatic rings. The minimum absolute atomic E-state index is 0.567. The molecule has 1 heteroatoms. The van der Waals surface area contributed by atoms with Crippen LogP contribution in [0.1, 0.15) is 17.2 Å². The van der Waals surface area contributed by atoms with E-state index in [2.05, 4.69) is 60.8 Å². The fourth-order valence-electron chi connectivity index (χ4n) is 2.08. The molecule has 0 aromatic heterocycles. The van der Waals surface area contributed by atoms with Crippen LogP contribution in [0.2, 0.25) is 0 Å². The van der Waals surface area contributed by atoms with E-state index >= 15 is 0 Å². The quantitative estimate of drug-likeness (QED) is 0.753. The second kappa shape index (κ2) is 3.76. The van der Waals surface area contributed by atoms with Crippen molar-refractivity contribution < 1.29 is 0 Å². The molecule has 1 nitrogen and oxygen atoms in total. The third-order valence-electron chi connectivity index (χ3n) is 3.11. The van der Waals surface area contributed by atoms with Crippen molar-refractivity contribution in [3.05, 3.63) is 59.7 Å². The number of rotatable bonds is 2. The average molecular weight is 209 g/mol. The first kappa shape index (κ1) is 9.61. The Morgan fingerprint density at radius 1 is 1.00 bits per heavy atom. The monoisotopic (exact) mass is 209 g/mol. The summed E-state index contributed by atoms with van der Waals surface area (Å²) in [5.41, 5.74) is 5.41. The second-order valence-corrected chi connectivity index (χ2v) is 4.41. The van der Waals surface area contributed by atoms with E-state index in [-0.39, 0.29) is 0 Å². The maximum Gasteiger partial charge on any atom is 0.0453 e. The molecule has 1 saturated heterocycles. The summed E-state index contributed by atoms with van der Waals surface area (Å²) in [7, 11) is 0. The fourth-order valence-corrected chi connectivity index (χ4v) is 2.08. The summed E-state index contributed by atoms with van der Waals surface area (Å²) in [5, 5.41) is 3.37. The van der Waals surface area contributed by atoms with Gasteiger partial charge in [0.05, 0.1) is 0 Å². The molecule has 0 spiro atoms. The van der Waals surface area contributed by atoms with Crippen molar-refractivity contribution in [1.29, 1.82) is 0 Å². The van der Waals surface area contributed by atoms with Crippen LogP contribution in [0.4, 0.5) is 0 Å². The topological polar surface area (TPSA) is 21.9 Å². The minimum atomic E-state index is 0.567. The van der Waals surface area contributed by atoms with Crippen LogP contribution >= 0.6 is 0 Å². The first-order chi connectivity index (χ1) is 7.84. The van der Waals surface area contributed by atoms with Crippen LogP contribution < -0.4 is 5.32 Å². The predicted molar refractivity (Wildman–Crippen MR) is 67.4 cm³/mol. The summed E-state index contributed by atoms with van der Waals surface area (Å²) < 4.78 is 0. The van der Waals surface area contributed by atoms with Gasteiger partial charge in [-0.1, -0.05) is 54.1 Å². The normalized spacial score (nSPS) is 18.4. The molecule has 1 aliphatic heterocycles. The smallest absolute Gasteiger partial charge is 0.0453 e. The Morgan fingerprint density at radius 2 is 1.69 bits per heavy atom. The summed E-state index contributed by atoms with van der Waals surface area (Å²) >= 11 is 0. The Balaban J connectivity index is 2.08. The van der Waals surface area contributed by atoms with Gasteiger partial charge in [0.25, 0.3) is 0 Å². The van der Waals surface area contributed by atoms with Gasteiger partial charge < -0.3 is 5.32 Å². The summed E-state index contributed by atoms with van der Waals surface area (Å²) in [6, 6.07) is 18.0. The molecule has 80 valence electrons. The Kier molecular flexibility index (Phi) is 2.26. The van der Waals surface area contributed by atoms with Crippen LogP contribution in [0.25, 0.3) is 11.1 Å². The van der Waals surface area contributed by atoms with E-state index in [1.165, 1.54) is 22.3 Å². The number of hydrogen-bond donors (Lipinski definition) is 1. The molecule has 1 atom stereocenters. The van der Waals surface area contributed by atoms with Crippen molar-refractivity contribution in [1.82, 2.24) is 5.32 Å². The van der Waals surface area contributed by atoms with Crippen LogP contribution in [0.3, 0.4) is 0 Å².